The summed E-state index contributed by atoms with van der Waals surface area (Å²) in [6.07, 6.45) is 2.65. The van der Waals surface area contributed by atoms with Gasteiger partial charge in [0, 0.05) is 37.7 Å². The Morgan fingerprint density at radius 2 is 1.58 bits per heavy atom. The number of rotatable bonds is 3. The summed E-state index contributed by atoms with van der Waals surface area (Å²) in [6, 6.07) is 22.4. The van der Waals surface area contributed by atoms with E-state index in [2.05, 4.69) is 44.3 Å². The van der Waals surface area contributed by atoms with Crippen molar-refractivity contribution in [2.45, 2.75) is 25.8 Å². The van der Waals surface area contributed by atoms with Crippen LogP contribution in [0.4, 0.5) is 5.82 Å². The van der Waals surface area contributed by atoms with Crippen LogP contribution in [-0.4, -0.2) is 50.3 Å². The fourth-order valence-electron chi connectivity index (χ4n) is 5.01. The summed E-state index contributed by atoms with van der Waals surface area (Å²) in [5, 5.41) is 13.4. The van der Waals surface area contributed by atoms with Gasteiger partial charge in [0.05, 0.1) is 0 Å². The third kappa shape index (κ3) is 3.73. The standard InChI is InChI=1S/C26H26N6O/c33-26(31-17-12-19-6-4-5-9-22(19)18-31)21-13-15-30(16-14-21)24-11-10-23-27-28-25(32(23)29-24)20-7-2-1-3-8-20/h1-11,21H,12-18H2. The average molecular weight is 439 g/mol. The number of benzene rings is 2. The molecule has 2 aliphatic rings. The number of piperidine rings is 1. The van der Waals surface area contributed by atoms with Gasteiger partial charge in [0.25, 0.3) is 0 Å². The molecule has 0 unspecified atom stereocenters. The fraction of sp³-hybridized carbons (Fsp3) is 0.308. The summed E-state index contributed by atoms with van der Waals surface area (Å²) in [4.78, 5) is 17.5. The molecule has 0 atom stereocenters. The quantitative estimate of drug-likeness (QED) is 0.489. The van der Waals surface area contributed by atoms with E-state index < -0.39 is 0 Å². The summed E-state index contributed by atoms with van der Waals surface area (Å²) < 4.78 is 1.81. The number of carbonyl (C=O) groups excluding carboxylic acids is 1. The van der Waals surface area contributed by atoms with Crippen LogP contribution >= 0.6 is 0 Å². The molecule has 0 bridgehead atoms. The number of carbonyl (C=O) groups is 1. The minimum Gasteiger partial charge on any atom is -0.355 e. The van der Waals surface area contributed by atoms with Crippen molar-refractivity contribution in [1.29, 1.82) is 0 Å². The topological polar surface area (TPSA) is 66.6 Å². The Morgan fingerprint density at radius 1 is 0.818 bits per heavy atom. The van der Waals surface area contributed by atoms with Gasteiger partial charge in [0.15, 0.2) is 11.5 Å². The Labute approximate surface area is 192 Å². The Kier molecular flexibility index (Phi) is 5.02. The number of amides is 1. The number of nitrogens with zero attached hydrogens (tertiary/aromatic N) is 6. The maximum absolute atomic E-state index is 13.2. The summed E-state index contributed by atoms with van der Waals surface area (Å²) in [6.45, 7) is 3.21. The number of aromatic nitrogens is 4. The van der Waals surface area contributed by atoms with Crippen molar-refractivity contribution in [2.24, 2.45) is 5.92 Å². The Hall–Kier alpha value is -3.74. The van der Waals surface area contributed by atoms with Crippen LogP contribution in [0, 0.1) is 5.92 Å². The van der Waals surface area contributed by atoms with Crippen LogP contribution in [0.3, 0.4) is 0 Å². The van der Waals surface area contributed by atoms with Crippen LogP contribution in [0.15, 0.2) is 66.7 Å². The molecule has 0 saturated carbocycles. The maximum Gasteiger partial charge on any atom is 0.226 e. The van der Waals surface area contributed by atoms with E-state index in [4.69, 9.17) is 5.10 Å². The highest BCUT2D eigenvalue weighted by Gasteiger charge is 2.30. The molecule has 2 aromatic heterocycles. The third-order valence-corrected chi connectivity index (χ3v) is 6.89. The van der Waals surface area contributed by atoms with Gasteiger partial charge >= 0.3 is 0 Å². The molecule has 1 saturated heterocycles. The molecule has 0 aliphatic carbocycles. The predicted octanol–water partition coefficient (Wildman–Crippen LogP) is 3.59. The van der Waals surface area contributed by atoms with Gasteiger partial charge in [-0.25, -0.2) is 0 Å². The van der Waals surface area contributed by atoms with Crippen LogP contribution in [0.1, 0.15) is 24.0 Å². The maximum atomic E-state index is 13.2. The Balaban J connectivity index is 1.15. The van der Waals surface area contributed by atoms with Crippen molar-refractivity contribution < 1.29 is 4.79 Å². The molecular weight excluding hydrogens is 412 g/mol. The highest BCUT2D eigenvalue weighted by molar-refractivity contribution is 5.79. The monoisotopic (exact) mass is 438 g/mol. The minimum absolute atomic E-state index is 0.0880. The molecule has 0 spiro atoms. The van der Waals surface area contributed by atoms with Gasteiger partial charge in [-0.3, -0.25) is 4.79 Å². The van der Waals surface area contributed by atoms with E-state index in [-0.39, 0.29) is 5.92 Å². The first-order valence-corrected chi connectivity index (χ1v) is 11.6. The zero-order valence-electron chi connectivity index (χ0n) is 18.5. The number of hydrogen-bond acceptors (Lipinski definition) is 5. The van der Waals surface area contributed by atoms with Crippen LogP contribution < -0.4 is 4.90 Å². The molecule has 166 valence electrons. The van der Waals surface area contributed by atoms with E-state index in [1.807, 2.05) is 47.0 Å². The average Bonchev–Trinajstić information content (AvgIpc) is 3.32. The zero-order chi connectivity index (χ0) is 22.2. The molecule has 2 aliphatic heterocycles. The van der Waals surface area contributed by atoms with Crippen LogP contribution in [0.25, 0.3) is 17.0 Å². The number of fused-ring (bicyclic) bond motifs is 2. The van der Waals surface area contributed by atoms with Gasteiger partial charge < -0.3 is 9.80 Å². The zero-order valence-corrected chi connectivity index (χ0v) is 18.5. The molecule has 7 nitrogen and oxygen atoms in total. The third-order valence-electron chi connectivity index (χ3n) is 6.89. The van der Waals surface area contributed by atoms with Crippen molar-refractivity contribution in [3.05, 3.63) is 77.9 Å². The molecule has 33 heavy (non-hydrogen) atoms. The smallest absolute Gasteiger partial charge is 0.226 e. The van der Waals surface area contributed by atoms with E-state index in [1.54, 1.807) is 0 Å². The normalized spacial score (nSPS) is 16.7. The lowest BCUT2D eigenvalue weighted by Crippen LogP contribution is -2.44. The van der Waals surface area contributed by atoms with E-state index in [9.17, 15) is 4.79 Å². The summed E-state index contributed by atoms with van der Waals surface area (Å²) in [7, 11) is 0. The van der Waals surface area contributed by atoms with Gasteiger partial charge in [0.2, 0.25) is 5.91 Å². The Bertz CT molecular complexity index is 1290. The van der Waals surface area contributed by atoms with Gasteiger partial charge in [-0.15, -0.1) is 15.3 Å². The van der Waals surface area contributed by atoms with Crippen molar-refractivity contribution in [2.75, 3.05) is 24.5 Å². The number of hydrogen-bond donors (Lipinski definition) is 0. The molecule has 4 heterocycles. The van der Waals surface area contributed by atoms with Crippen LogP contribution in [-0.2, 0) is 17.8 Å². The second kappa shape index (κ2) is 8.31. The van der Waals surface area contributed by atoms with Gasteiger partial charge in [-0.1, -0.05) is 54.6 Å². The highest BCUT2D eigenvalue weighted by Crippen LogP contribution is 2.27. The first-order valence-electron chi connectivity index (χ1n) is 11.6. The van der Waals surface area contributed by atoms with E-state index >= 15 is 0 Å². The second-order valence-electron chi connectivity index (χ2n) is 8.89. The fourth-order valence-corrected chi connectivity index (χ4v) is 5.01. The molecule has 7 heteroatoms. The summed E-state index contributed by atoms with van der Waals surface area (Å²) >= 11 is 0. The summed E-state index contributed by atoms with van der Waals surface area (Å²) in [5.41, 5.74) is 4.38. The highest BCUT2D eigenvalue weighted by atomic mass is 16.2. The molecule has 6 rings (SSSR count). The Morgan fingerprint density at radius 3 is 2.39 bits per heavy atom. The lowest BCUT2D eigenvalue weighted by atomic mass is 9.93. The van der Waals surface area contributed by atoms with Gasteiger partial charge in [-0.05, 0) is 42.5 Å². The number of anilines is 1. The molecule has 0 N–H and O–H groups in total. The molecule has 1 amide bonds. The van der Waals surface area contributed by atoms with Gasteiger partial charge in [0.1, 0.15) is 5.82 Å². The first-order chi connectivity index (χ1) is 16.3. The van der Waals surface area contributed by atoms with Gasteiger partial charge in [-0.2, -0.15) is 4.52 Å². The predicted molar refractivity (Wildman–Crippen MR) is 127 cm³/mol. The SMILES string of the molecule is O=C(C1CCN(c2ccc3nnc(-c4ccccc4)n3n2)CC1)N1CCc2ccccc2C1. The van der Waals surface area contributed by atoms with Crippen LogP contribution in [0.2, 0.25) is 0 Å². The lowest BCUT2D eigenvalue weighted by Gasteiger charge is -2.36. The molecular formula is C26H26N6O. The van der Waals surface area contributed by atoms with E-state index in [1.165, 1.54) is 11.1 Å². The molecule has 4 aromatic rings. The van der Waals surface area contributed by atoms with Crippen molar-refractivity contribution in [1.82, 2.24) is 24.7 Å². The molecule has 0 radical (unpaired) electrons. The summed E-state index contributed by atoms with van der Waals surface area (Å²) in [5.74, 6) is 2.03. The van der Waals surface area contributed by atoms with Crippen LogP contribution in [0.5, 0.6) is 0 Å². The molecule has 1 fully saturated rings. The van der Waals surface area contributed by atoms with Crippen molar-refractivity contribution in [3.63, 3.8) is 0 Å². The largest absolute Gasteiger partial charge is 0.355 e. The van der Waals surface area contributed by atoms with E-state index in [0.717, 1.165) is 68.3 Å². The molecule has 2 aromatic carbocycles. The lowest BCUT2D eigenvalue weighted by molar-refractivity contribution is -0.137. The minimum atomic E-state index is 0.0880. The van der Waals surface area contributed by atoms with E-state index in [0.29, 0.717) is 5.91 Å². The van der Waals surface area contributed by atoms with Crippen molar-refractivity contribution in [3.8, 4) is 11.4 Å². The first kappa shape index (κ1) is 19.9. The van der Waals surface area contributed by atoms with Crippen molar-refractivity contribution >= 4 is 17.4 Å². The second-order valence-corrected chi connectivity index (χ2v) is 8.89.